The van der Waals surface area contributed by atoms with Crippen LogP contribution < -0.4 is 5.48 Å². The van der Waals surface area contributed by atoms with Gasteiger partial charge in [-0.1, -0.05) is 6.92 Å². The van der Waals surface area contributed by atoms with Gasteiger partial charge < -0.3 is 9.84 Å². The van der Waals surface area contributed by atoms with Gasteiger partial charge in [-0.2, -0.15) is 5.48 Å². The van der Waals surface area contributed by atoms with Gasteiger partial charge in [0, 0.05) is 6.42 Å². The molecule has 0 aromatic rings. The smallest absolute Gasteiger partial charge is 0.306 e. The van der Waals surface area contributed by atoms with E-state index >= 15 is 0 Å². The molecule has 0 amide bonds. The summed E-state index contributed by atoms with van der Waals surface area (Å²) in [5, 5.41) is 9.37. The summed E-state index contributed by atoms with van der Waals surface area (Å²) in [5.41, 5.74) is 2.53. The molecule has 2 atom stereocenters. The third-order valence-electron chi connectivity index (χ3n) is 1.81. The first kappa shape index (κ1) is 10.4. The first-order valence-electron chi connectivity index (χ1n) is 4.46. The third-order valence-corrected chi connectivity index (χ3v) is 1.81. The van der Waals surface area contributed by atoms with Crippen LogP contribution in [0.2, 0.25) is 0 Å². The molecule has 76 valence electrons. The van der Waals surface area contributed by atoms with Crippen molar-refractivity contribution in [2.75, 3.05) is 13.2 Å². The Morgan fingerprint density at radius 3 is 3.15 bits per heavy atom. The lowest BCUT2D eigenvalue weighted by Gasteiger charge is -2.27. The van der Waals surface area contributed by atoms with Crippen molar-refractivity contribution >= 4 is 5.97 Å². The van der Waals surface area contributed by atoms with E-state index < -0.39 is 12.2 Å². The number of carbonyl (C=O) groups excluding carboxylic acids is 1. The van der Waals surface area contributed by atoms with Gasteiger partial charge >= 0.3 is 5.97 Å². The molecule has 1 saturated heterocycles. The molecule has 0 bridgehead atoms. The van der Waals surface area contributed by atoms with Gasteiger partial charge in [-0.15, -0.1) is 0 Å². The predicted molar refractivity (Wildman–Crippen MR) is 44.7 cm³/mol. The molecule has 0 spiro atoms. The summed E-state index contributed by atoms with van der Waals surface area (Å²) >= 11 is 0. The zero-order chi connectivity index (χ0) is 9.68. The van der Waals surface area contributed by atoms with Gasteiger partial charge in [0.05, 0.1) is 6.54 Å². The van der Waals surface area contributed by atoms with Gasteiger partial charge in [0.1, 0.15) is 12.7 Å². The van der Waals surface area contributed by atoms with Crippen molar-refractivity contribution in [2.24, 2.45) is 0 Å². The number of ether oxygens (including phenoxy) is 1. The van der Waals surface area contributed by atoms with E-state index in [-0.39, 0.29) is 12.6 Å². The first-order valence-corrected chi connectivity index (χ1v) is 4.46. The van der Waals surface area contributed by atoms with E-state index in [1.807, 2.05) is 6.92 Å². The Bertz CT molecular complexity index is 174. The molecule has 1 fully saturated rings. The number of aliphatic hydroxyl groups excluding tert-OH is 1. The third kappa shape index (κ3) is 3.30. The van der Waals surface area contributed by atoms with Gasteiger partial charge in [-0.3, -0.25) is 9.63 Å². The maximum absolute atomic E-state index is 11.0. The standard InChI is InChI=1S/C8H15NO4/c1-2-3-8(11)13-7-5-12-9-4-6(7)10/h6-7,9-10H,2-5H2,1H3. The van der Waals surface area contributed by atoms with E-state index in [0.717, 1.165) is 6.42 Å². The Morgan fingerprint density at radius 1 is 1.77 bits per heavy atom. The van der Waals surface area contributed by atoms with Crippen LogP contribution in [0.5, 0.6) is 0 Å². The lowest BCUT2D eigenvalue weighted by Crippen LogP contribution is -2.48. The fourth-order valence-electron chi connectivity index (χ4n) is 1.07. The summed E-state index contributed by atoms with van der Waals surface area (Å²) in [7, 11) is 0. The molecule has 0 radical (unpaired) electrons. The normalized spacial score (nSPS) is 28.5. The maximum Gasteiger partial charge on any atom is 0.306 e. The number of β-amino-alcohol motifs (C(OH)–C–C–N with tert-alkyl or cyclic N) is 1. The van der Waals surface area contributed by atoms with Gasteiger partial charge in [-0.05, 0) is 6.42 Å². The van der Waals surface area contributed by atoms with Crippen LogP contribution in [0.25, 0.3) is 0 Å². The molecule has 1 rings (SSSR count). The Morgan fingerprint density at radius 2 is 2.54 bits per heavy atom. The topological polar surface area (TPSA) is 67.8 Å². The molecule has 0 saturated carbocycles. The Labute approximate surface area is 77.0 Å². The van der Waals surface area contributed by atoms with Crippen molar-refractivity contribution < 1.29 is 19.5 Å². The average molecular weight is 189 g/mol. The number of aliphatic hydroxyl groups is 1. The zero-order valence-corrected chi connectivity index (χ0v) is 7.66. The fourth-order valence-corrected chi connectivity index (χ4v) is 1.07. The van der Waals surface area contributed by atoms with Crippen molar-refractivity contribution in [3.05, 3.63) is 0 Å². The number of rotatable bonds is 3. The minimum Gasteiger partial charge on any atom is -0.457 e. The molecular formula is C8H15NO4. The van der Waals surface area contributed by atoms with Gasteiger partial charge in [0.2, 0.25) is 0 Å². The summed E-state index contributed by atoms with van der Waals surface area (Å²) in [6.45, 7) is 2.40. The largest absolute Gasteiger partial charge is 0.457 e. The monoisotopic (exact) mass is 189 g/mol. The second-order valence-electron chi connectivity index (χ2n) is 3.01. The van der Waals surface area contributed by atoms with Gasteiger partial charge in [-0.25, -0.2) is 0 Å². The molecule has 1 heterocycles. The molecule has 0 aliphatic carbocycles. The van der Waals surface area contributed by atoms with Crippen LogP contribution in [-0.4, -0.2) is 36.4 Å². The first-order chi connectivity index (χ1) is 6.24. The number of nitrogens with one attached hydrogen (secondary N) is 1. The molecule has 5 heteroatoms. The SMILES string of the molecule is CCCC(=O)OC1CONCC1O. The minimum atomic E-state index is -0.672. The molecule has 2 N–H and O–H groups in total. The van der Waals surface area contributed by atoms with Gasteiger partial charge in [0.15, 0.2) is 6.10 Å². The number of hydrogen-bond acceptors (Lipinski definition) is 5. The molecule has 13 heavy (non-hydrogen) atoms. The van der Waals surface area contributed by atoms with Crippen molar-refractivity contribution in [3.8, 4) is 0 Å². The van der Waals surface area contributed by atoms with Crippen LogP contribution >= 0.6 is 0 Å². The summed E-state index contributed by atoms with van der Waals surface area (Å²) in [5.74, 6) is -0.281. The highest BCUT2D eigenvalue weighted by atomic mass is 16.7. The summed E-state index contributed by atoms with van der Waals surface area (Å²) < 4.78 is 4.99. The summed E-state index contributed by atoms with van der Waals surface area (Å²) in [6.07, 6.45) is -0.0629. The Kier molecular flexibility index (Phi) is 4.14. The minimum absolute atomic E-state index is 0.205. The van der Waals surface area contributed by atoms with Crippen LogP contribution in [0.15, 0.2) is 0 Å². The van der Waals surface area contributed by atoms with Crippen molar-refractivity contribution in [3.63, 3.8) is 0 Å². The second-order valence-corrected chi connectivity index (χ2v) is 3.01. The van der Waals surface area contributed by atoms with E-state index in [0.29, 0.717) is 13.0 Å². The lowest BCUT2D eigenvalue weighted by molar-refractivity contribution is -0.174. The Hall–Kier alpha value is -0.650. The maximum atomic E-state index is 11.0. The van der Waals surface area contributed by atoms with E-state index in [2.05, 4.69) is 5.48 Å². The van der Waals surface area contributed by atoms with Crippen LogP contribution in [0.4, 0.5) is 0 Å². The fraction of sp³-hybridized carbons (Fsp3) is 0.875. The summed E-state index contributed by atoms with van der Waals surface area (Å²) in [4.78, 5) is 15.9. The van der Waals surface area contributed by atoms with Crippen LogP contribution in [0.3, 0.4) is 0 Å². The Balaban J connectivity index is 2.29. The summed E-state index contributed by atoms with van der Waals surface area (Å²) in [6, 6.07) is 0. The molecule has 1 aliphatic heterocycles. The van der Waals surface area contributed by atoms with Crippen molar-refractivity contribution in [1.82, 2.24) is 5.48 Å². The zero-order valence-electron chi connectivity index (χ0n) is 7.66. The van der Waals surface area contributed by atoms with E-state index in [9.17, 15) is 9.90 Å². The number of esters is 1. The van der Waals surface area contributed by atoms with Gasteiger partial charge in [0.25, 0.3) is 0 Å². The molecular weight excluding hydrogens is 174 g/mol. The van der Waals surface area contributed by atoms with Crippen molar-refractivity contribution in [2.45, 2.75) is 32.0 Å². The predicted octanol–water partition coefficient (Wildman–Crippen LogP) is -0.406. The van der Waals surface area contributed by atoms with Crippen LogP contribution in [0.1, 0.15) is 19.8 Å². The quantitative estimate of drug-likeness (QED) is 0.591. The van der Waals surface area contributed by atoms with Crippen LogP contribution in [-0.2, 0) is 14.4 Å². The molecule has 0 aromatic carbocycles. The molecule has 5 nitrogen and oxygen atoms in total. The lowest BCUT2D eigenvalue weighted by atomic mass is 10.2. The second kappa shape index (κ2) is 5.16. The highest BCUT2D eigenvalue weighted by Gasteiger charge is 2.26. The molecule has 2 unspecified atom stereocenters. The highest BCUT2D eigenvalue weighted by Crippen LogP contribution is 2.06. The molecule has 0 aromatic heterocycles. The van der Waals surface area contributed by atoms with Crippen LogP contribution in [0, 0.1) is 0 Å². The van der Waals surface area contributed by atoms with E-state index in [4.69, 9.17) is 9.57 Å². The van der Waals surface area contributed by atoms with Crippen molar-refractivity contribution in [1.29, 1.82) is 0 Å². The number of hydroxylamine groups is 1. The number of carbonyl (C=O) groups is 1. The average Bonchev–Trinajstić information content (AvgIpc) is 2.09. The van der Waals surface area contributed by atoms with E-state index in [1.165, 1.54) is 0 Å². The molecule has 1 aliphatic rings. The highest BCUT2D eigenvalue weighted by molar-refractivity contribution is 5.69. The van der Waals surface area contributed by atoms with E-state index in [1.54, 1.807) is 0 Å². The number of hydrogen-bond donors (Lipinski definition) is 2.